The summed E-state index contributed by atoms with van der Waals surface area (Å²) in [6.45, 7) is 1.26. The first kappa shape index (κ1) is 20.1. The normalized spacial score (nSPS) is 19.8. The topological polar surface area (TPSA) is 76.1 Å². The molecule has 0 radical (unpaired) electrons. The minimum Gasteiger partial charge on any atom is -0.507 e. The Kier molecular flexibility index (Phi) is 5.55. The zero-order valence-electron chi connectivity index (χ0n) is 16.6. The molecule has 1 fully saturated rings. The molecule has 0 spiro atoms. The molecule has 4 rings (SSSR count). The van der Waals surface area contributed by atoms with E-state index in [1.807, 2.05) is 0 Å². The lowest BCUT2D eigenvalue weighted by atomic mass is 9.94. The quantitative estimate of drug-likeness (QED) is 0.342. The molecule has 1 N–H and O–H groups in total. The van der Waals surface area contributed by atoms with E-state index in [2.05, 4.69) is 0 Å². The third-order valence-electron chi connectivity index (χ3n) is 5.44. The number of methoxy groups -OCH3 is 1. The van der Waals surface area contributed by atoms with Crippen LogP contribution in [0.25, 0.3) is 5.76 Å². The summed E-state index contributed by atoms with van der Waals surface area (Å²) in [5.74, 6) is -1.36. The monoisotopic (exact) mass is 411 g/mol. The van der Waals surface area contributed by atoms with Crippen LogP contribution in [0.3, 0.4) is 0 Å². The van der Waals surface area contributed by atoms with Crippen LogP contribution in [0.5, 0.6) is 5.75 Å². The molecule has 2 aromatic carbocycles. The van der Waals surface area contributed by atoms with Gasteiger partial charge in [-0.3, -0.25) is 9.59 Å². The number of hydrogen-bond acceptors (Lipinski definition) is 5. The summed E-state index contributed by atoms with van der Waals surface area (Å²) in [6, 6.07) is 10.00. The molecule has 2 aromatic rings. The Balaban J connectivity index is 1.80. The van der Waals surface area contributed by atoms with Gasteiger partial charge >= 0.3 is 0 Å². The van der Waals surface area contributed by atoms with Crippen molar-refractivity contribution in [3.05, 3.63) is 70.5 Å². The molecule has 1 amide bonds. The van der Waals surface area contributed by atoms with Crippen molar-refractivity contribution >= 4 is 17.4 Å². The van der Waals surface area contributed by atoms with Crippen LogP contribution < -0.4 is 4.74 Å². The van der Waals surface area contributed by atoms with E-state index in [0.717, 1.165) is 11.3 Å². The summed E-state index contributed by atoms with van der Waals surface area (Å²) >= 11 is 0. The number of rotatable bonds is 6. The number of carbonyl (C=O) groups excluding carboxylic acids is 2. The SMILES string of the molecule is COCCCN1C(=O)C(=O)/C(=C(\O)c2ccc3c(c2)CCO3)C1c1ccc(F)cc1. The highest BCUT2D eigenvalue weighted by Gasteiger charge is 2.45. The second kappa shape index (κ2) is 8.28. The molecule has 0 aliphatic carbocycles. The minimum absolute atomic E-state index is 0.00268. The molecule has 2 aliphatic heterocycles. The predicted octanol–water partition coefficient (Wildman–Crippen LogP) is 3.22. The third-order valence-corrected chi connectivity index (χ3v) is 5.44. The maximum absolute atomic E-state index is 13.5. The maximum atomic E-state index is 13.5. The number of halogens is 1. The number of nitrogens with zero attached hydrogens (tertiary/aromatic N) is 1. The van der Waals surface area contributed by atoms with E-state index in [1.165, 1.54) is 29.2 Å². The second-order valence-corrected chi connectivity index (χ2v) is 7.31. The lowest BCUT2D eigenvalue weighted by Gasteiger charge is -2.25. The lowest BCUT2D eigenvalue weighted by Crippen LogP contribution is -2.31. The summed E-state index contributed by atoms with van der Waals surface area (Å²) < 4.78 is 24.0. The van der Waals surface area contributed by atoms with Crippen molar-refractivity contribution in [2.75, 3.05) is 26.9 Å². The average Bonchev–Trinajstić information content (AvgIpc) is 3.31. The molecule has 7 heteroatoms. The van der Waals surface area contributed by atoms with Gasteiger partial charge in [0.2, 0.25) is 0 Å². The van der Waals surface area contributed by atoms with Crippen LogP contribution in [-0.4, -0.2) is 48.6 Å². The standard InChI is InChI=1S/C23H22FNO5/c1-29-11-2-10-25-20(14-3-6-17(24)7-4-14)19(22(27)23(25)28)21(26)16-5-8-18-15(13-16)9-12-30-18/h3-8,13,20,26H,2,9-12H2,1H3/b21-19-. The maximum Gasteiger partial charge on any atom is 0.295 e. The fourth-order valence-corrected chi connectivity index (χ4v) is 3.97. The van der Waals surface area contributed by atoms with E-state index >= 15 is 0 Å². The van der Waals surface area contributed by atoms with E-state index in [4.69, 9.17) is 9.47 Å². The van der Waals surface area contributed by atoms with Gasteiger partial charge in [-0.2, -0.15) is 0 Å². The Hall–Kier alpha value is -3.19. The first-order valence-corrected chi connectivity index (χ1v) is 9.80. The number of Topliss-reactive ketones (excluding diaryl/α,β-unsaturated/α-hetero) is 1. The first-order chi connectivity index (χ1) is 14.5. The smallest absolute Gasteiger partial charge is 0.295 e. The fourth-order valence-electron chi connectivity index (χ4n) is 3.97. The van der Waals surface area contributed by atoms with Gasteiger partial charge in [0.05, 0.1) is 18.2 Å². The van der Waals surface area contributed by atoms with Crippen LogP contribution in [0.15, 0.2) is 48.0 Å². The van der Waals surface area contributed by atoms with Crippen LogP contribution >= 0.6 is 0 Å². The molecule has 0 aromatic heterocycles. The van der Waals surface area contributed by atoms with Gasteiger partial charge in [0.25, 0.3) is 11.7 Å². The van der Waals surface area contributed by atoms with E-state index in [9.17, 15) is 19.1 Å². The molecule has 0 saturated carbocycles. The van der Waals surface area contributed by atoms with Gasteiger partial charge in [-0.1, -0.05) is 12.1 Å². The average molecular weight is 411 g/mol. The van der Waals surface area contributed by atoms with Crippen LogP contribution in [0.2, 0.25) is 0 Å². The number of amides is 1. The zero-order chi connectivity index (χ0) is 21.3. The van der Waals surface area contributed by atoms with Crippen molar-refractivity contribution in [2.24, 2.45) is 0 Å². The predicted molar refractivity (Wildman–Crippen MR) is 108 cm³/mol. The van der Waals surface area contributed by atoms with Crippen molar-refractivity contribution in [1.82, 2.24) is 4.90 Å². The van der Waals surface area contributed by atoms with Gasteiger partial charge in [-0.05, 0) is 47.9 Å². The number of aliphatic hydroxyl groups excluding tert-OH is 1. The van der Waals surface area contributed by atoms with Gasteiger partial charge in [-0.15, -0.1) is 0 Å². The Labute approximate surface area is 173 Å². The number of carbonyl (C=O) groups is 2. The zero-order valence-corrected chi connectivity index (χ0v) is 16.6. The highest BCUT2D eigenvalue weighted by molar-refractivity contribution is 6.46. The van der Waals surface area contributed by atoms with Crippen LogP contribution in [0.1, 0.15) is 29.2 Å². The lowest BCUT2D eigenvalue weighted by molar-refractivity contribution is -0.140. The van der Waals surface area contributed by atoms with Crippen LogP contribution in [-0.2, 0) is 20.7 Å². The fraction of sp³-hybridized carbons (Fsp3) is 0.304. The Morgan fingerprint density at radius 1 is 1.23 bits per heavy atom. The summed E-state index contributed by atoms with van der Waals surface area (Å²) in [7, 11) is 1.56. The van der Waals surface area contributed by atoms with Gasteiger partial charge in [0.1, 0.15) is 17.3 Å². The van der Waals surface area contributed by atoms with Crippen molar-refractivity contribution < 1.29 is 28.6 Å². The Morgan fingerprint density at radius 3 is 2.73 bits per heavy atom. The molecule has 2 heterocycles. The molecule has 1 atom stereocenters. The van der Waals surface area contributed by atoms with Crippen molar-refractivity contribution in [3.8, 4) is 5.75 Å². The van der Waals surface area contributed by atoms with E-state index < -0.39 is 23.5 Å². The number of fused-ring (bicyclic) bond motifs is 1. The van der Waals surface area contributed by atoms with Gasteiger partial charge < -0.3 is 19.5 Å². The van der Waals surface area contributed by atoms with Gasteiger partial charge in [0, 0.05) is 32.2 Å². The highest BCUT2D eigenvalue weighted by atomic mass is 19.1. The van der Waals surface area contributed by atoms with Crippen molar-refractivity contribution in [3.63, 3.8) is 0 Å². The summed E-state index contributed by atoms with van der Waals surface area (Å²) in [5, 5.41) is 11.1. The van der Waals surface area contributed by atoms with Gasteiger partial charge in [0.15, 0.2) is 0 Å². The number of benzene rings is 2. The van der Waals surface area contributed by atoms with Gasteiger partial charge in [-0.25, -0.2) is 4.39 Å². The number of ether oxygens (including phenoxy) is 2. The molecule has 6 nitrogen and oxygen atoms in total. The molecular weight excluding hydrogens is 389 g/mol. The van der Waals surface area contributed by atoms with Crippen LogP contribution in [0.4, 0.5) is 4.39 Å². The molecule has 1 saturated heterocycles. The van der Waals surface area contributed by atoms with E-state index in [-0.39, 0.29) is 17.9 Å². The Bertz CT molecular complexity index is 1010. The summed E-state index contributed by atoms with van der Waals surface area (Å²) in [4.78, 5) is 27.1. The number of hydrogen-bond donors (Lipinski definition) is 1. The number of aliphatic hydroxyl groups is 1. The molecule has 0 bridgehead atoms. The first-order valence-electron chi connectivity index (χ1n) is 9.80. The largest absolute Gasteiger partial charge is 0.507 e. The molecule has 2 aliphatic rings. The summed E-state index contributed by atoms with van der Waals surface area (Å²) in [6.07, 6.45) is 1.24. The van der Waals surface area contributed by atoms with Crippen LogP contribution in [0, 0.1) is 5.82 Å². The minimum atomic E-state index is -0.799. The number of ketones is 1. The molecule has 1 unspecified atom stereocenters. The van der Waals surface area contributed by atoms with Crippen molar-refractivity contribution in [1.29, 1.82) is 0 Å². The second-order valence-electron chi connectivity index (χ2n) is 7.31. The Morgan fingerprint density at radius 2 is 2.00 bits per heavy atom. The highest BCUT2D eigenvalue weighted by Crippen LogP contribution is 2.40. The third kappa shape index (κ3) is 3.57. The molecule has 156 valence electrons. The molecule has 30 heavy (non-hydrogen) atoms. The van der Waals surface area contributed by atoms with E-state index in [1.54, 1.807) is 25.3 Å². The van der Waals surface area contributed by atoms with Crippen molar-refractivity contribution in [2.45, 2.75) is 18.9 Å². The summed E-state index contributed by atoms with van der Waals surface area (Å²) in [5.41, 5.74) is 1.94. The molecular formula is C23H22FNO5. The van der Waals surface area contributed by atoms with E-state index in [0.29, 0.717) is 37.2 Å². The number of likely N-dealkylation sites (tertiary alicyclic amines) is 1.